The summed E-state index contributed by atoms with van der Waals surface area (Å²) in [5.74, 6) is 0.838. The first-order valence-corrected chi connectivity index (χ1v) is 12.3. The molecule has 0 spiro atoms. The SMILES string of the molecule is [2H]c1cccnc1Oc1cccc(-c2ccc3c(c2)P(=O)(c2ccccn2)c2ccccc2-3)c1. The Labute approximate surface area is 193 Å². The van der Waals surface area contributed by atoms with Crippen LogP contribution >= 0.6 is 7.14 Å². The van der Waals surface area contributed by atoms with Crippen LogP contribution in [0.25, 0.3) is 22.3 Å². The lowest BCUT2D eigenvalue weighted by atomic mass is 10.0. The van der Waals surface area contributed by atoms with Gasteiger partial charge in [0.15, 0.2) is 7.14 Å². The second kappa shape index (κ2) is 7.84. The standard InChI is InChI=1S/C28H19N2O2P/c31-33(28-13-4-6-17-30-28)25-11-2-1-10-23(25)24-15-14-21(19-26(24)33)20-8-7-9-22(18-20)32-27-12-3-5-16-29-27/h1-19H/i12D. The fourth-order valence-electron chi connectivity index (χ4n) is 4.31. The maximum absolute atomic E-state index is 14.7. The van der Waals surface area contributed by atoms with E-state index in [1.807, 2.05) is 84.9 Å². The summed E-state index contributed by atoms with van der Waals surface area (Å²) in [6.07, 6.45) is 3.29. The summed E-state index contributed by atoms with van der Waals surface area (Å²) in [6.45, 7) is 0. The molecule has 5 aromatic rings. The third-order valence-corrected chi connectivity index (χ3v) is 8.83. The highest BCUT2D eigenvalue weighted by Gasteiger charge is 2.41. The van der Waals surface area contributed by atoms with E-state index in [1.165, 1.54) is 0 Å². The number of hydrogen-bond acceptors (Lipinski definition) is 4. The number of aromatic nitrogens is 2. The van der Waals surface area contributed by atoms with E-state index in [1.54, 1.807) is 24.5 Å². The molecule has 3 aromatic carbocycles. The fraction of sp³-hybridized carbons (Fsp3) is 0. The second-order valence-corrected chi connectivity index (χ2v) is 10.4. The van der Waals surface area contributed by atoms with Crippen molar-refractivity contribution in [1.82, 2.24) is 9.97 Å². The van der Waals surface area contributed by atoms with Gasteiger partial charge in [-0.25, -0.2) is 4.98 Å². The lowest BCUT2D eigenvalue weighted by Gasteiger charge is -2.15. The highest BCUT2D eigenvalue weighted by atomic mass is 31.2. The Hall–Kier alpha value is -4.01. The maximum atomic E-state index is 14.7. The third kappa shape index (κ3) is 3.27. The number of ether oxygens (including phenoxy) is 1. The molecule has 0 amide bonds. The maximum Gasteiger partial charge on any atom is 0.219 e. The molecule has 6 rings (SSSR count). The lowest BCUT2D eigenvalue weighted by Crippen LogP contribution is -2.23. The number of hydrogen-bond donors (Lipinski definition) is 0. The number of pyridine rings is 2. The van der Waals surface area contributed by atoms with Gasteiger partial charge in [0.25, 0.3) is 0 Å². The van der Waals surface area contributed by atoms with Crippen molar-refractivity contribution in [2.75, 3.05) is 0 Å². The largest absolute Gasteiger partial charge is 0.439 e. The van der Waals surface area contributed by atoms with Crippen LogP contribution in [-0.2, 0) is 4.57 Å². The van der Waals surface area contributed by atoms with E-state index < -0.39 is 7.14 Å². The van der Waals surface area contributed by atoms with Crippen LogP contribution in [0.2, 0.25) is 0 Å². The summed E-state index contributed by atoms with van der Waals surface area (Å²) >= 11 is 0. The minimum atomic E-state index is -3.10. The Morgan fingerprint density at radius 2 is 1.48 bits per heavy atom. The molecule has 1 unspecified atom stereocenters. The molecule has 1 aliphatic rings. The van der Waals surface area contributed by atoms with Gasteiger partial charge in [-0.2, -0.15) is 0 Å². The van der Waals surface area contributed by atoms with E-state index in [-0.39, 0.29) is 11.9 Å². The Bertz CT molecular complexity index is 1590. The predicted octanol–water partition coefficient (Wildman–Crippen LogP) is 5.56. The number of rotatable bonds is 4. The molecule has 1 aliphatic heterocycles. The van der Waals surface area contributed by atoms with Gasteiger partial charge in [-0.15, -0.1) is 0 Å². The van der Waals surface area contributed by atoms with Crippen molar-refractivity contribution in [2.24, 2.45) is 0 Å². The van der Waals surface area contributed by atoms with Crippen LogP contribution in [0.15, 0.2) is 115 Å². The van der Waals surface area contributed by atoms with Gasteiger partial charge in [0.1, 0.15) is 11.2 Å². The van der Waals surface area contributed by atoms with Crippen molar-refractivity contribution < 1.29 is 10.7 Å². The van der Waals surface area contributed by atoms with E-state index >= 15 is 0 Å². The van der Waals surface area contributed by atoms with Crippen LogP contribution < -0.4 is 20.8 Å². The zero-order valence-electron chi connectivity index (χ0n) is 18.6. The summed E-state index contributed by atoms with van der Waals surface area (Å²) in [4.78, 5) is 8.64. The average Bonchev–Trinajstić information content (AvgIpc) is 3.15. The summed E-state index contributed by atoms with van der Waals surface area (Å²) in [6, 6.07) is 30.7. The predicted molar refractivity (Wildman–Crippen MR) is 132 cm³/mol. The van der Waals surface area contributed by atoms with Crippen molar-refractivity contribution >= 4 is 23.2 Å². The minimum absolute atomic E-state index is 0.222. The van der Waals surface area contributed by atoms with Gasteiger partial charge in [-0.3, -0.25) is 4.98 Å². The molecule has 0 bridgehead atoms. The molecule has 0 fully saturated rings. The van der Waals surface area contributed by atoms with Gasteiger partial charge in [0.05, 0.1) is 1.37 Å². The molecular weight excluding hydrogens is 427 g/mol. The summed E-state index contributed by atoms with van der Waals surface area (Å²) in [5, 5.41) is 1.63. The normalized spacial score (nSPS) is 16.5. The summed E-state index contributed by atoms with van der Waals surface area (Å²) < 4.78 is 28.5. The first kappa shape index (κ1) is 18.6. The van der Waals surface area contributed by atoms with Crippen LogP contribution in [0.3, 0.4) is 0 Å². The number of nitrogens with zero attached hydrogens (tertiary/aromatic N) is 2. The zero-order chi connectivity index (χ0) is 23.1. The fourth-order valence-corrected chi connectivity index (χ4v) is 7.27. The molecule has 4 nitrogen and oxygen atoms in total. The highest BCUT2D eigenvalue weighted by molar-refractivity contribution is 7.86. The minimum Gasteiger partial charge on any atom is -0.439 e. The average molecular weight is 447 g/mol. The molecular formula is C28H19N2O2P. The van der Waals surface area contributed by atoms with E-state index in [0.717, 1.165) is 32.9 Å². The first-order valence-electron chi connectivity index (χ1n) is 11.1. The molecule has 0 aliphatic carbocycles. The van der Waals surface area contributed by atoms with Crippen molar-refractivity contribution in [3.8, 4) is 33.9 Å². The molecule has 1 atom stereocenters. The smallest absolute Gasteiger partial charge is 0.219 e. The number of benzene rings is 3. The van der Waals surface area contributed by atoms with Crippen molar-refractivity contribution in [1.29, 1.82) is 0 Å². The van der Waals surface area contributed by atoms with Crippen LogP contribution in [0.4, 0.5) is 0 Å². The third-order valence-electron chi connectivity index (χ3n) is 5.81. The molecule has 158 valence electrons. The van der Waals surface area contributed by atoms with Gasteiger partial charge in [0.2, 0.25) is 5.88 Å². The topological polar surface area (TPSA) is 52.1 Å². The monoisotopic (exact) mass is 447 g/mol. The molecule has 0 radical (unpaired) electrons. The molecule has 33 heavy (non-hydrogen) atoms. The van der Waals surface area contributed by atoms with Crippen molar-refractivity contribution in [3.05, 3.63) is 115 Å². The van der Waals surface area contributed by atoms with E-state index in [4.69, 9.17) is 6.11 Å². The Morgan fingerprint density at radius 3 is 2.36 bits per heavy atom. The number of fused-ring (bicyclic) bond motifs is 3. The van der Waals surface area contributed by atoms with Crippen molar-refractivity contribution in [2.45, 2.75) is 0 Å². The van der Waals surface area contributed by atoms with E-state index in [9.17, 15) is 4.57 Å². The molecule has 5 heteroatoms. The first-order chi connectivity index (χ1) is 16.6. The summed E-state index contributed by atoms with van der Waals surface area (Å²) in [5.41, 5.74) is 4.42. The zero-order valence-corrected chi connectivity index (χ0v) is 18.4. The Morgan fingerprint density at radius 1 is 0.697 bits per heavy atom. The van der Waals surface area contributed by atoms with Crippen LogP contribution in [0.1, 0.15) is 1.37 Å². The second-order valence-electron chi connectivity index (χ2n) is 7.76. The van der Waals surface area contributed by atoms with Crippen LogP contribution in [0, 0.1) is 0 Å². The van der Waals surface area contributed by atoms with Gasteiger partial charge in [-0.1, -0.05) is 60.7 Å². The van der Waals surface area contributed by atoms with Crippen LogP contribution in [0.5, 0.6) is 11.6 Å². The quantitative estimate of drug-likeness (QED) is 0.332. The molecule has 3 heterocycles. The Kier molecular flexibility index (Phi) is 4.41. The lowest BCUT2D eigenvalue weighted by molar-refractivity contribution is 0.463. The Balaban J connectivity index is 1.47. The highest BCUT2D eigenvalue weighted by Crippen LogP contribution is 2.52. The molecule has 0 saturated carbocycles. The van der Waals surface area contributed by atoms with Gasteiger partial charge in [0, 0.05) is 29.0 Å². The van der Waals surface area contributed by atoms with Gasteiger partial charge < -0.3 is 9.30 Å². The van der Waals surface area contributed by atoms with Gasteiger partial charge in [-0.05, 0) is 58.7 Å². The van der Waals surface area contributed by atoms with Crippen LogP contribution in [-0.4, -0.2) is 9.97 Å². The molecule has 0 saturated heterocycles. The van der Waals surface area contributed by atoms with E-state index in [0.29, 0.717) is 11.2 Å². The van der Waals surface area contributed by atoms with Crippen molar-refractivity contribution in [3.63, 3.8) is 0 Å². The van der Waals surface area contributed by atoms with Gasteiger partial charge >= 0.3 is 0 Å². The summed E-state index contributed by atoms with van der Waals surface area (Å²) in [7, 11) is -3.10. The van der Waals surface area contributed by atoms with E-state index in [2.05, 4.69) is 9.97 Å². The molecule has 2 aromatic heterocycles. The molecule has 0 N–H and O–H groups in total.